The molecule has 174 valence electrons. The van der Waals surface area contributed by atoms with Gasteiger partial charge in [-0.25, -0.2) is 0 Å². The van der Waals surface area contributed by atoms with Crippen LogP contribution in [0.1, 0.15) is 27.0 Å². The van der Waals surface area contributed by atoms with Crippen LogP contribution in [-0.4, -0.2) is 75.5 Å². The number of piperazine rings is 1. The van der Waals surface area contributed by atoms with Gasteiger partial charge in [-0.05, 0) is 55.2 Å². The lowest BCUT2D eigenvalue weighted by atomic mass is 10.1. The van der Waals surface area contributed by atoms with Gasteiger partial charge in [0.2, 0.25) is 0 Å². The maximum absolute atomic E-state index is 12.2. The van der Waals surface area contributed by atoms with Crippen molar-refractivity contribution in [2.75, 3.05) is 58.8 Å². The lowest BCUT2D eigenvalue weighted by Gasteiger charge is -2.38. The lowest BCUT2D eigenvalue weighted by molar-refractivity contribution is 0.0827. The van der Waals surface area contributed by atoms with E-state index in [1.165, 1.54) is 16.8 Å². The Hall–Kier alpha value is -2.29. The Balaban J connectivity index is 0.00000363. The molecule has 0 unspecified atom stereocenters. The van der Waals surface area contributed by atoms with Gasteiger partial charge in [0.05, 0.1) is 0 Å². The highest BCUT2D eigenvalue weighted by atomic mass is 127. The molecule has 1 aliphatic rings. The minimum Gasteiger partial charge on any atom is -0.368 e. The molecular weight excluding hydrogens is 513 g/mol. The quantitative estimate of drug-likeness (QED) is 0.352. The number of anilines is 1. The minimum atomic E-state index is 0. The second-order valence-corrected chi connectivity index (χ2v) is 8.32. The van der Waals surface area contributed by atoms with Crippen LogP contribution in [-0.2, 0) is 6.42 Å². The van der Waals surface area contributed by atoms with E-state index in [0.29, 0.717) is 0 Å². The van der Waals surface area contributed by atoms with Gasteiger partial charge in [-0.2, -0.15) is 0 Å². The van der Waals surface area contributed by atoms with Crippen LogP contribution in [0.2, 0.25) is 0 Å². The summed E-state index contributed by atoms with van der Waals surface area (Å²) in [5.41, 5.74) is 5.93. The average Bonchev–Trinajstić information content (AvgIpc) is 2.78. The van der Waals surface area contributed by atoms with E-state index in [2.05, 4.69) is 58.2 Å². The summed E-state index contributed by atoms with van der Waals surface area (Å²) in [6, 6.07) is 14.4. The number of aliphatic imine (C=N–C) groups is 1. The number of nitrogens with one attached hydrogen (secondary N) is 1. The van der Waals surface area contributed by atoms with Crippen molar-refractivity contribution >= 4 is 41.5 Å². The maximum atomic E-state index is 12.2. The molecule has 7 heteroatoms. The monoisotopic (exact) mass is 549 g/mol. The summed E-state index contributed by atoms with van der Waals surface area (Å²) < 4.78 is 0. The molecule has 2 aromatic rings. The highest BCUT2D eigenvalue weighted by Crippen LogP contribution is 2.23. The molecule has 1 amide bonds. The minimum absolute atomic E-state index is 0. The van der Waals surface area contributed by atoms with Crippen LogP contribution in [0.5, 0.6) is 0 Å². The molecule has 0 radical (unpaired) electrons. The van der Waals surface area contributed by atoms with Gasteiger partial charge in [-0.15, -0.1) is 24.0 Å². The smallest absolute Gasteiger partial charge is 0.253 e. The third kappa shape index (κ3) is 6.37. The van der Waals surface area contributed by atoms with Gasteiger partial charge >= 0.3 is 0 Å². The molecule has 0 aromatic heterocycles. The van der Waals surface area contributed by atoms with E-state index in [-0.39, 0.29) is 29.9 Å². The molecular formula is C25H36IN5O. The van der Waals surface area contributed by atoms with Gasteiger partial charge in [-0.3, -0.25) is 9.79 Å². The Labute approximate surface area is 209 Å². The Morgan fingerprint density at radius 3 is 2.41 bits per heavy atom. The topological polar surface area (TPSA) is 51.2 Å². The zero-order valence-electron chi connectivity index (χ0n) is 19.9. The Morgan fingerprint density at radius 1 is 1.06 bits per heavy atom. The molecule has 0 atom stereocenters. The molecule has 2 aromatic carbocycles. The molecule has 0 spiro atoms. The molecule has 0 saturated carbocycles. The SMILES string of the molecule is CN=C(NCCc1cccc(C(=O)N(C)C)c1)N1CCN(c2cccc(C)c2C)CC1.I. The first kappa shape index (κ1) is 26.0. The number of amides is 1. The Morgan fingerprint density at radius 2 is 1.75 bits per heavy atom. The fraction of sp³-hybridized carbons (Fsp3) is 0.440. The number of carbonyl (C=O) groups excluding carboxylic acids is 1. The van der Waals surface area contributed by atoms with Crippen molar-refractivity contribution in [1.29, 1.82) is 0 Å². The molecule has 1 saturated heterocycles. The standard InChI is InChI=1S/C25H35N5O.HI/c1-19-8-6-11-23(20(19)2)29-14-16-30(17-15-29)25(26-3)27-13-12-21-9-7-10-22(18-21)24(31)28(4)5;/h6-11,18H,12-17H2,1-5H3,(H,26,27);1H. The van der Waals surface area contributed by atoms with Crippen LogP contribution in [0.25, 0.3) is 0 Å². The zero-order valence-corrected chi connectivity index (χ0v) is 22.2. The molecule has 32 heavy (non-hydrogen) atoms. The molecule has 1 heterocycles. The average molecular weight is 550 g/mol. The second kappa shape index (κ2) is 12.1. The highest BCUT2D eigenvalue weighted by Gasteiger charge is 2.21. The zero-order chi connectivity index (χ0) is 22.4. The number of hydrogen-bond donors (Lipinski definition) is 1. The van der Waals surface area contributed by atoms with Crippen LogP contribution in [0.3, 0.4) is 0 Å². The molecule has 1 N–H and O–H groups in total. The lowest BCUT2D eigenvalue weighted by Crippen LogP contribution is -2.53. The van der Waals surface area contributed by atoms with Crippen LogP contribution in [0.4, 0.5) is 5.69 Å². The first-order valence-electron chi connectivity index (χ1n) is 11.0. The molecule has 1 aliphatic heterocycles. The van der Waals surface area contributed by atoms with Gasteiger partial charge in [-0.1, -0.05) is 24.3 Å². The number of halogens is 1. The van der Waals surface area contributed by atoms with Crippen molar-refractivity contribution in [3.05, 3.63) is 64.7 Å². The van der Waals surface area contributed by atoms with Crippen molar-refractivity contribution in [3.8, 4) is 0 Å². The van der Waals surface area contributed by atoms with E-state index in [9.17, 15) is 4.79 Å². The molecule has 6 nitrogen and oxygen atoms in total. The predicted octanol–water partition coefficient (Wildman–Crippen LogP) is 3.56. The van der Waals surface area contributed by atoms with E-state index in [1.807, 2.05) is 25.2 Å². The number of aryl methyl sites for hydroxylation is 1. The fourth-order valence-electron chi connectivity index (χ4n) is 4.01. The number of rotatable bonds is 5. The van der Waals surface area contributed by atoms with E-state index in [4.69, 9.17) is 0 Å². The van der Waals surface area contributed by atoms with Crippen molar-refractivity contribution in [1.82, 2.24) is 15.1 Å². The van der Waals surface area contributed by atoms with Crippen molar-refractivity contribution in [2.45, 2.75) is 20.3 Å². The van der Waals surface area contributed by atoms with Crippen molar-refractivity contribution in [2.24, 2.45) is 4.99 Å². The number of benzene rings is 2. The molecule has 1 fully saturated rings. The van der Waals surface area contributed by atoms with E-state index in [0.717, 1.165) is 56.2 Å². The third-order valence-corrected chi connectivity index (χ3v) is 5.98. The number of hydrogen-bond acceptors (Lipinski definition) is 3. The summed E-state index contributed by atoms with van der Waals surface area (Å²) in [5.74, 6) is 0.980. The second-order valence-electron chi connectivity index (χ2n) is 8.32. The van der Waals surface area contributed by atoms with Gasteiger partial charge in [0, 0.05) is 65.1 Å². The summed E-state index contributed by atoms with van der Waals surface area (Å²) in [6.45, 7) is 9.02. The van der Waals surface area contributed by atoms with Gasteiger partial charge < -0.3 is 20.0 Å². The maximum Gasteiger partial charge on any atom is 0.253 e. The van der Waals surface area contributed by atoms with Crippen molar-refractivity contribution < 1.29 is 4.79 Å². The van der Waals surface area contributed by atoms with Gasteiger partial charge in [0.15, 0.2) is 5.96 Å². The molecule has 3 rings (SSSR count). The van der Waals surface area contributed by atoms with Gasteiger partial charge in [0.25, 0.3) is 5.91 Å². The van der Waals surface area contributed by atoms with E-state index >= 15 is 0 Å². The fourth-order valence-corrected chi connectivity index (χ4v) is 4.01. The first-order valence-corrected chi connectivity index (χ1v) is 11.0. The summed E-state index contributed by atoms with van der Waals surface area (Å²) in [5, 5.41) is 3.50. The number of nitrogens with zero attached hydrogens (tertiary/aromatic N) is 4. The number of carbonyl (C=O) groups is 1. The number of guanidine groups is 1. The first-order chi connectivity index (χ1) is 14.9. The van der Waals surface area contributed by atoms with Crippen LogP contribution < -0.4 is 10.2 Å². The van der Waals surface area contributed by atoms with Crippen molar-refractivity contribution in [3.63, 3.8) is 0 Å². The van der Waals surface area contributed by atoms with E-state index < -0.39 is 0 Å². The molecule has 0 aliphatic carbocycles. The normalized spacial score (nSPS) is 14.1. The van der Waals surface area contributed by atoms with Crippen LogP contribution in [0.15, 0.2) is 47.5 Å². The predicted molar refractivity (Wildman–Crippen MR) is 145 cm³/mol. The Kier molecular flexibility index (Phi) is 9.81. The highest BCUT2D eigenvalue weighted by molar-refractivity contribution is 14.0. The summed E-state index contributed by atoms with van der Waals surface area (Å²) in [6.07, 6.45) is 0.843. The van der Waals surface area contributed by atoms with Crippen LogP contribution >= 0.6 is 24.0 Å². The third-order valence-electron chi connectivity index (χ3n) is 5.98. The largest absolute Gasteiger partial charge is 0.368 e. The summed E-state index contributed by atoms with van der Waals surface area (Å²) in [4.78, 5) is 23.1. The van der Waals surface area contributed by atoms with E-state index in [1.54, 1.807) is 19.0 Å². The molecule has 0 bridgehead atoms. The summed E-state index contributed by atoms with van der Waals surface area (Å²) in [7, 11) is 5.40. The Bertz CT molecular complexity index is 936. The van der Waals surface area contributed by atoms with Gasteiger partial charge in [0.1, 0.15) is 0 Å². The summed E-state index contributed by atoms with van der Waals surface area (Å²) >= 11 is 0. The van der Waals surface area contributed by atoms with Crippen LogP contribution in [0, 0.1) is 13.8 Å².